The number of nitrogens with one attached hydrogen (secondary N) is 2. The van der Waals surface area contributed by atoms with Crippen LogP contribution in [0, 0.1) is 12.8 Å². The summed E-state index contributed by atoms with van der Waals surface area (Å²) in [5.74, 6) is 0.481. The summed E-state index contributed by atoms with van der Waals surface area (Å²) in [5.41, 5.74) is 6.08. The van der Waals surface area contributed by atoms with E-state index in [0.29, 0.717) is 22.2 Å². The third-order valence-electron chi connectivity index (χ3n) is 6.27. The quantitative estimate of drug-likeness (QED) is 0.706. The topological polar surface area (TPSA) is 66.4 Å². The number of nitrogens with zero attached hydrogens (tertiary/aromatic N) is 2. The van der Waals surface area contributed by atoms with Crippen molar-refractivity contribution in [3.63, 3.8) is 0 Å². The fourth-order valence-electron chi connectivity index (χ4n) is 4.46. The van der Waals surface area contributed by atoms with Crippen molar-refractivity contribution >= 4 is 28.8 Å². The number of pyridine rings is 1. The SMILES string of the molecule is CC1=C(c2ccccc2)C(=NCC2CCC(NC(=O)c3cc(Cl)cnc3C)CC2)CN1. The molecule has 1 aromatic carbocycles. The predicted octanol–water partition coefficient (Wildman–Crippen LogP) is 4.81. The highest BCUT2D eigenvalue weighted by Crippen LogP contribution is 2.27. The van der Waals surface area contributed by atoms with Crippen molar-refractivity contribution in [2.24, 2.45) is 10.9 Å². The van der Waals surface area contributed by atoms with Gasteiger partial charge in [0.15, 0.2) is 0 Å². The summed E-state index contributed by atoms with van der Waals surface area (Å²) in [7, 11) is 0. The van der Waals surface area contributed by atoms with Crippen molar-refractivity contribution in [1.82, 2.24) is 15.6 Å². The van der Waals surface area contributed by atoms with Gasteiger partial charge in [0.1, 0.15) is 0 Å². The van der Waals surface area contributed by atoms with Crippen LogP contribution in [-0.2, 0) is 0 Å². The molecule has 1 aromatic heterocycles. The maximum atomic E-state index is 12.6. The zero-order valence-corrected chi connectivity index (χ0v) is 18.9. The summed E-state index contributed by atoms with van der Waals surface area (Å²) in [6.45, 7) is 5.60. The standard InChI is InChI=1S/C25H29ClN4O/c1-16-22(12-20(26)14-27-16)25(31)30-21-10-8-18(9-11-21)13-29-23-15-28-17(2)24(23)19-6-4-3-5-7-19/h3-7,12,14,18,21,28H,8-11,13,15H2,1-2H3,(H,30,31). The van der Waals surface area contributed by atoms with Crippen LogP contribution in [0.25, 0.3) is 5.57 Å². The van der Waals surface area contributed by atoms with Gasteiger partial charge in [0, 0.05) is 30.1 Å². The minimum absolute atomic E-state index is 0.0821. The second kappa shape index (κ2) is 9.65. The van der Waals surface area contributed by atoms with Gasteiger partial charge in [0.2, 0.25) is 0 Å². The van der Waals surface area contributed by atoms with Crippen LogP contribution >= 0.6 is 11.6 Å². The molecule has 162 valence electrons. The summed E-state index contributed by atoms with van der Waals surface area (Å²) >= 11 is 6.01. The van der Waals surface area contributed by atoms with E-state index in [1.807, 2.05) is 13.0 Å². The van der Waals surface area contributed by atoms with Crippen LogP contribution in [0.3, 0.4) is 0 Å². The maximum Gasteiger partial charge on any atom is 0.253 e. The van der Waals surface area contributed by atoms with Gasteiger partial charge in [-0.05, 0) is 57.1 Å². The van der Waals surface area contributed by atoms with E-state index in [2.05, 4.69) is 46.8 Å². The van der Waals surface area contributed by atoms with Crippen LogP contribution in [0.4, 0.5) is 0 Å². The molecule has 1 amide bonds. The number of carbonyl (C=O) groups excluding carboxylic acids is 1. The van der Waals surface area contributed by atoms with Gasteiger partial charge in [0.25, 0.3) is 5.91 Å². The Morgan fingerprint density at radius 3 is 2.68 bits per heavy atom. The normalized spacial score (nSPS) is 22.5. The van der Waals surface area contributed by atoms with E-state index < -0.39 is 0 Å². The first-order chi connectivity index (χ1) is 15.0. The molecule has 1 aliphatic heterocycles. The number of rotatable bonds is 5. The van der Waals surface area contributed by atoms with Crippen LogP contribution in [0.2, 0.25) is 5.02 Å². The van der Waals surface area contributed by atoms with E-state index in [0.717, 1.165) is 44.5 Å². The Morgan fingerprint density at radius 1 is 1.19 bits per heavy atom. The molecule has 0 unspecified atom stereocenters. The van der Waals surface area contributed by atoms with Crippen LogP contribution < -0.4 is 10.6 Å². The predicted molar refractivity (Wildman–Crippen MR) is 127 cm³/mol. The van der Waals surface area contributed by atoms with Crippen LogP contribution in [-0.4, -0.2) is 35.7 Å². The zero-order chi connectivity index (χ0) is 21.8. The number of benzene rings is 1. The van der Waals surface area contributed by atoms with Gasteiger partial charge in [-0.3, -0.25) is 14.8 Å². The Balaban J connectivity index is 1.31. The fraction of sp³-hybridized carbons (Fsp3) is 0.400. The van der Waals surface area contributed by atoms with Crippen LogP contribution in [0.15, 0.2) is 53.3 Å². The summed E-state index contributed by atoms with van der Waals surface area (Å²) in [6.07, 6.45) is 5.68. The fourth-order valence-corrected chi connectivity index (χ4v) is 4.62. The number of allylic oxidation sites excluding steroid dienone is 1. The molecule has 2 aliphatic rings. The molecule has 0 atom stereocenters. The van der Waals surface area contributed by atoms with Crippen molar-refractivity contribution in [2.75, 3.05) is 13.1 Å². The van der Waals surface area contributed by atoms with Gasteiger partial charge in [0.05, 0.1) is 28.5 Å². The van der Waals surface area contributed by atoms with Crippen molar-refractivity contribution in [1.29, 1.82) is 0 Å². The van der Waals surface area contributed by atoms with Gasteiger partial charge in [-0.25, -0.2) is 0 Å². The number of halogens is 1. The van der Waals surface area contributed by atoms with E-state index in [1.54, 1.807) is 12.3 Å². The largest absolute Gasteiger partial charge is 0.382 e. The van der Waals surface area contributed by atoms with Gasteiger partial charge in [-0.15, -0.1) is 0 Å². The Kier molecular flexibility index (Phi) is 6.71. The first kappa shape index (κ1) is 21.6. The van der Waals surface area contributed by atoms with Crippen molar-refractivity contribution < 1.29 is 4.79 Å². The number of hydrogen-bond acceptors (Lipinski definition) is 4. The summed E-state index contributed by atoms with van der Waals surface area (Å²) in [5, 5.41) is 7.10. The molecule has 2 heterocycles. The van der Waals surface area contributed by atoms with E-state index in [9.17, 15) is 4.79 Å². The molecule has 2 N–H and O–H groups in total. The molecule has 5 nitrogen and oxygen atoms in total. The number of amides is 1. The molecule has 6 heteroatoms. The van der Waals surface area contributed by atoms with Gasteiger partial charge >= 0.3 is 0 Å². The molecule has 0 radical (unpaired) electrons. The Hall–Kier alpha value is -2.66. The van der Waals surface area contributed by atoms with E-state index in [4.69, 9.17) is 16.6 Å². The average molecular weight is 437 g/mol. The highest BCUT2D eigenvalue weighted by Gasteiger charge is 2.25. The summed E-state index contributed by atoms with van der Waals surface area (Å²) < 4.78 is 0. The van der Waals surface area contributed by atoms with Gasteiger partial charge in [-0.1, -0.05) is 41.9 Å². The molecule has 1 aliphatic carbocycles. The Bertz CT molecular complexity index is 1010. The lowest BCUT2D eigenvalue weighted by atomic mass is 9.86. The first-order valence-electron chi connectivity index (χ1n) is 11.0. The average Bonchev–Trinajstić information content (AvgIpc) is 3.15. The number of carbonyl (C=O) groups is 1. The lowest BCUT2D eigenvalue weighted by molar-refractivity contribution is 0.0921. The molecule has 0 saturated heterocycles. The lowest BCUT2D eigenvalue weighted by Crippen LogP contribution is -2.38. The molecule has 2 aromatic rings. The monoisotopic (exact) mass is 436 g/mol. The van der Waals surface area contributed by atoms with Gasteiger partial charge < -0.3 is 10.6 Å². The molecule has 31 heavy (non-hydrogen) atoms. The third kappa shape index (κ3) is 5.16. The molecular formula is C25H29ClN4O. The zero-order valence-electron chi connectivity index (χ0n) is 18.1. The Labute approximate surface area is 189 Å². The third-order valence-corrected chi connectivity index (χ3v) is 6.47. The Morgan fingerprint density at radius 2 is 1.94 bits per heavy atom. The molecular weight excluding hydrogens is 408 g/mol. The molecule has 1 saturated carbocycles. The second-order valence-corrected chi connectivity index (χ2v) is 8.92. The van der Waals surface area contributed by atoms with Gasteiger partial charge in [-0.2, -0.15) is 0 Å². The van der Waals surface area contributed by atoms with E-state index in [1.165, 1.54) is 16.8 Å². The van der Waals surface area contributed by atoms with Crippen molar-refractivity contribution in [2.45, 2.75) is 45.6 Å². The number of aromatic nitrogens is 1. The van der Waals surface area contributed by atoms with Crippen LogP contribution in [0.5, 0.6) is 0 Å². The second-order valence-electron chi connectivity index (χ2n) is 8.48. The van der Waals surface area contributed by atoms with Crippen molar-refractivity contribution in [3.8, 4) is 0 Å². The molecule has 4 rings (SSSR count). The maximum absolute atomic E-state index is 12.6. The van der Waals surface area contributed by atoms with E-state index in [-0.39, 0.29) is 11.9 Å². The number of hydrogen-bond donors (Lipinski definition) is 2. The first-order valence-corrected chi connectivity index (χ1v) is 11.4. The smallest absolute Gasteiger partial charge is 0.253 e. The highest BCUT2D eigenvalue weighted by atomic mass is 35.5. The minimum atomic E-state index is -0.0821. The summed E-state index contributed by atoms with van der Waals surface area (Å²) in [6, 6.07) is 12.4. The minimum Gasteiger partial charge on any atom is -0.382 e. The number of aryl methyl sites for hydroxylation is 1. The highest BCUT2D eigenvalue weighted by molar-refractivity contribution is 6.30. The van der Waals surface area contributed by atoms with E-state index >= 15 is 0 Å². The molecule has 0 spiro atoms. The molecule has 0 bridgehead atoms. The summed E-state index contributed by atoms with van der Waals surface area (Å²) in [4.78, 5) is 21.8. The molecule has 1 fully saturated rings. The lowest BCUT2D eigenvalue weighted by Gasteiger charge is -2.28. The number of aliphatic imine (C=N–C) groups is 1. The van der Waals surface area contributed by atoms with Crippen LogP contribution in [0.1, 0.15) is 54.2 Å². The van der Waals surface area contributed by atoms with Crippen molar-refractivity contribution in [3.05, 3.63) is 70.1 Å².